The summed E-state index contributed by atoms with van der Waals surface area (Å²) in [4.78, 5) is 58.6. The van der Waals surface area contributed by atoms with E-state index in [1.807, 2.05) is 72.8 Å². The number of imide groups is 2. The second kappa shape index (κ2) is 10.6. The highest BCUT2D eigenvalue weighted by molar-refractivity contribution is 6.10. The quantitative estimate of drug-likeness (QED) is 0.320. The minimum atomic E-state index is -1.41. The highest BCUT2D eigenvalue weighted by Gasteiger charge is 2.55. The highest BCUT2D eigenvalue weighted by atomic mass is 16.2. The number of amides is 6. The lowest BCUT2D eigenvalue weighted by Gasteiger charge is -2.30. The Hall–Kier alpha value is -5.28. The van der Waals surface area contributed by atoms with Crippen LogP contribution >= 0.6 is 0 Å². The summed E-state index contributed by atoms with van der Waals surface area (Å²) in [5.41, 5.74) is -0.295. The van der Waals surface area contributed by atoms with Gasteiger partial charge in [-0.15, -0.1) is 0 Å². The fourth-order valence-electron chi connectivity index (χ4n) is 5.80. The maximum Gasteiger partial charge on any atom is 0.326 e. The topological polar surface area (TPSA) is 102 Å². The van der Waals surface area contributed by atoms with Crippen LogP contribution in [0.3, 0.4) is 0 Å². The number of hydrogen-bond acceptors (Lipinski definition) is 5. The first-order valence-corrected chi connectivity index (χ1v) is 13.6. The molecule has 2 saturated heterocycles. The molecule has 6 rings (SSSR count). The number of benzene rings is 4. The molecule has 0 radical (unpaired) electrons. The second-order valence-electron chi connectivity index (χ2n) is 10.4. The molecule has 0 unspecified atom stereocenters. The molecular weight excluding hydrogens is 530 g/mol. The molecule has 0 spiro atoms. The van der Waals surface area contributed by atoms with Crippen LogP contribution in [0.25, 0.3) is 0 Å². The number of nitrogens with one attached hydrogen (secondary N) is 2. The van der Waals surface area contributed by atoms with Crippen LogP contribution in [0, 0.1) is 0 Å². The Labute approximate surface area is 243 Å². The summed E-state index contributed by atoms with van der Waals surface area (Å²) in [5, 5.41) is 5.85. The first-order valence-electron chi connectivity index (χ1n) is 13.6. The van der Waals surface area contributed by atoms with Gasteiger partial charge in [0.1, 0.15) is 0 Å². The maximum absolute atomic E-state index is 14.1. The van der Waals surface area contributed by atoms with Crippen molar-refractivity contribution in [2.45, 2.75) is 11.1 Å². The van der Waals surface area contributed by atoms with Gasteiger partial charge >= 0.3 is 12.1 Å². The molecule has 0 atom stereocenters. The lowest BCUT2D eigenvalue weighted by molar-refractivity contribution is -0.133. The van der Waals surface area contributed by atoms with Crippen molar-refractivity contribution in [1.82, 2.24) is 25.3 Å². The highest BCUT2D eigenvalue weighted by Crippen LogP contribution is 2.37. The summed E-state index contributed by atoms with van der Waals surface area (Å²) < 4.78 is 0. The van der Waals surface area contributed by atoms with Crippen molar-refractivity contribution in [3.05, 3.63) is 144 Å². The lowest BCUT2D eigenvalue weighted by atomic mass is 9.82. The van der Waals surface area contributed by atoms with Crippen LogP contribution in [-0.4, -0.2) is 59.0 Å². The van der Waals surface area contributed by atoms with Crippen molar-refractivity contribution in [2.24, 2.45) is 0 Å². The average molecular weight is 560 g/mol. The van der Waals surface area contributed by atoms with Crippen molar-refractivity contribution >= 4 is 23.9 Å². The Bertz CT molecular complexity index is 1430. The fraction of sp³-hybridized carbons (Fsp3) is 0.152. The molecule has 0 saturated carbocycles. The van der Waals surface area contributed by atoms with Crippen LogP contribution < -0.4 is 10.6 Å². The Morgan fingerprint density at radius 3 is 1.02 bits per heavy atom. The van der Waals surface area contributed by atoms with Gasteiger partial charge < -0.3 is 10.6 Å². The second-order valence-corrected chi connectivity index (χ2v) is 10.4. The molecule has 210 valence electrons. The molecule has 2 N–H and O–H groups in total. The van der Waals surface area contributed by atoms with Gasteiger partial charge in [0.15, 0.2) is 11.1 Å². The number of carbonyl (C=O) groups is 4. The summed E-state index contributed by atoms with van der Waals surface area (Å²) in [6.07, 6.45) is 0. The minimum Gasteiger partial charge on any atom is -0.315 e. The van der Waals surface area contributed by atoms with E-state index in [1.165, 1.54) is 0 Å². The van der Waals surface area contributed by atoms with E-state index >= 15 is 0 Å². The summed E-state index contributed by atoms with van der Waals surface area (Å²) in [5.74, 6) is -0.895. The molecular formula is C33H29N5O4. The van der Waals surface area contributed by atoms with Crippen LogP contribution in [0.15, 0.2) is 121 Å². The van der Waals surface area contributed by atoms with Gasteiger partial charge in [0.25, 0.3) is 11.8 Å². The zero-order chi connectivity index (χ0) is 29.3. The van der Waals surface area contributed by atoms with Gasteiger partial charge in [0.05, 0.1) is 13.3 Å². The smallest absolute Gasteiger partial charge is 0.315 e. The Balaban J connectivity index is 1.27. The van der Waals surface area contributed by atoms with E-state index in [4.69, 9.17) is 0 Å². The van der Waals surface area contributed by atoms with Gasteiger partial charge in [0, 0.05) is 0 Å². The first-order chi connectivity index (χ1) is 20.4. The van der Waals surface area contributed by atoms with Crippen molar-refractivity contribution in [3.63, 3.8) is 0 Å². The molecule has 9 nitrogen and oxygen atoms in total. The fourth-order valence-corrected chi connectivity index (χ4v) is 5.80. The van der Waals surface area contributed by atoms with Crippen molar-refractivity contribution in [3.8, 4) is 0 Å². The van der Waals surface area contributed by atoms with Crippen LogP contribution in [0.1, 0.15) is 22.3 Å². The molecule has 42 heavy (non-hydrogen) atoms. The standard InChI is InChI=1S/C33H29N5O4/c1-36(22-37-28(39)32(34-30(37)41,24-14-6-2-7-15-24)25-16-8-3-9-17-25)23-38-29(40)33(35-31(38)42,26-18-10-4-11-19-26)27-20-12-5-13-21-27/h2-21H,22-23H2,1H3,(H,34,41)(H,35,42). The lowest BCUT2D eigenvalue weighted by Crippen LogP contribution is -2.49. The number of nitrogens with zero attached hydrogens (tertiary/aromatic N) is 3. The van der Waals surface area contributed by atoms with Gasteiger partial charge in [-0.2, -0.15) is 0 Å². The zero-order valence-electron chi connectivity index (χ0n) is 22.9. The first kappa shape index (κ1) is 26.9. The molecule has 0 aromatic heterocycles. The molecule has 2 heterocycles. The third kappa shape index (κ3) is 4.22. The zero-order valence-corrected chi connectivity index (χ0v) is 22.9. The van der Waals surface area contributed by atoms with Crippen LogP contribution in [-0.2, 0) is 20.7 Å². The molecule has 6 amide bonds. The predicted octanol–water partition coefficient (Wildman–Crippen LogP) is 3.82. The molecule has 2 aliphatic heterocycles. The van der Waals surface area contributed by atoms with Crippen LogP contribution in [0.4, 0.5) is 9.59 Å². The van der Waals surface area contributed by atoms with E-state index in [0.717, 1.165) is 9.80 Å². The molecule has 4 aromatic carbocycles. The normalized spacial score (nSPS) is 17.5. The third-order valence-electron chi connectivity index (χ3n) is 7.80. The SMILES string of the molecule is CN(CN1C(=O)NC(c2ccccc2)(c2ccccc2)C1=O)CN1C(=O)NC(c2ccccc2)(c2ccccc2)C1=O. The van der Waals surface area contributed by atoms with Gasteiger partial charge in [-0.25, -0.2) is 19.4 Å². The third-order valence-corrected chi connectivity index (χ3v) is 7.80. The maximum atomic E-state index is 14.1. The average Bonchev–Trinajstić information content (AvgIpc) is 3.44. The molecule has 2 fully saturated rings. The number of carbonyl (C=O) groups excluding carboxylic acids is 4. The number of urea groups is 2. The van der Waals surface area contributed by atoms with Crippen molar-refractivity contribution in [1.29, 1.82) is 0 Å². The Morgan fingerprint density at radius 2 is 0.762 bits per heavy atom. The summed E-state index contributed by atoms with van der Waals surface area (Å²) in [6, 6.07) is 35.2. The Morgan fingerprint density at radius 1 is 0.500 bits per heavy atom. The van der Waals surface area contributed by atoms with E-state index in [-0.39, 0.29) is 13.3 Å². The van der Waals surface area contributed by atoms with Gasteiger partial charge in [-0.05, 0) is 29.3 Å². The number of hydrogen-bond donors (Lipinski definition) is 2. The van der Waals surface area contributed by atoms with E-state index in [9.17, 15) is 19.2 Å². The number of rotatable bonds is 8. The van der Waals surface area contributed by atoms with E-state index in [2.05, 4.69) is 10.6 Å². The summed E-state index contributed by atoms with van der Waals surface area (Å²) >= 11 is 0. The van der Waals surface area contributed by atoms with Gasteiger partial charge in [-0.1, -0.05) is 121 Å². The van der Waals surface area contributed by atoms with Crippen LogP contribution in [0.5, 0.6) is 0 Å². The van der Waals surface area contributed by atoms with E-state index < -0.39 is 35.0 Å². The predicted molar refractivity (Wildman–Crippen MR) is 156 cm³/mol. The largest absolute Gasteiger partial charge is 0.326 e. The Kier molecular flexibility index (Phi) is 6.80. The minimum absolute atomic E-state index is 0.146. The van der Waals surface area contributed by atoms with Crippen LogP contribution in [0.2, 0.25) is 0 Å². The summed E-state index contributed by atoms with van der Waals surface area (Å²) in [6.45, 7) is -0.292. The molecule has 0 bridgehead atoms. The summed E-state index contributed by atoms with van der Waals surface area (Å²) in [7, 11) is 1.65. The van der Waals surface area contributed by atoms with Gasteiger partial charge in [-0.3, -0.25) is 14.5 Å². The molecule has 2 aliphatic rings. The van der Waals surface area contributed by atoms with Crippen molar-refractivity contribution in [2.75, 3.05) is 20.4 Å². The molecule has 9 heteroatoms. The van der Waals surface area contributed by atoms with Gasteiger partial charge in [0.2, 0.25) is 0 Å². The molecule has 0 aliphatic carbocycles. The molecule has 4 aromatic rings. The van der Waals surface area contributed by atoms with E-state index in [1.54, 1.807) is 60.5 Å². The van der Waals surface area contributed by atoms with E-state index in [0.29, 0.717) is 22.3 Å². The monoisotopic (exact) mass is 559 g/mol. The van der Waals surface area contributed by atoms with Crippen molar-refractivity contribution < 1.29 is 19.2 Å².